The van der Waals surface area contributed by atoms with Crippen LogP contribution >= 0.6 is 11.6 Å². The molecule has 3 aromatic carbocycles. The van der Waals surface area contributed by atoms with Crippen molar-refractivity contribution in [3.8, 4) is 0 Å². The van der Waals surface area contributed by atoms with Crippen LogP contribution in [0.25, 0.3) is 0 Å². The lowest BCUT2D eigenvalue weighted by molar-refractivity contribution is 0.0620. The number of rotatable bonds is 7. The van der Waals surface area contributed by atoms with Crippen molar-refractivity contribution < 1.29 is 18.3 Å². The summed E-state index contributed by atoms with van der Waals surface area (Å²) in [5, 5.41) is 10.00. The number of hydrogen-bond acceptors (Lipinski definition) is 4. The van der Waals surface area contributed by atoms with E-state index in [0.29, 0.717) is 29.4 Å². The smallest absolute Gasteiger partial charge is 0.264 e. The fourth-order valence-electron chi connectivity index (χ4n) is 4.17. The van der Waals surface area contributed by atoms with Crippen LogP contribution in [0.5, 0.6) is 0 Å². The summed E-state index contributed by atoms with van der Waals surface area (Å²) in [7, 11) is -3.99. The lowest BCUT2D eigenvalue weighted by atomic mass is 9.98. The fourth-order valence-corrected chi connectivity index (χ4v) is 5.79. The zero-order valence-electron chi connectivity index (χ0n) is 18.7. The Kier molecular flexibility index (Phi) is 7.56. The molecule has 0 bridgehead atoms. The van der Waals surface area contributed by atoms with Crippen LogP contribution in [-0.2, 0) is 16.6 Å². The van der Waals surface area contributed by atoms with Crippen molar-refractivity contribution in [2.75, 3.05) is 24.0 Å². The molecule has 1 fully saturated rings. The predicted octanol–water partition coefficient (Wildman–Crippen LogP) is 4.58. The summed E-state index contributed by atoms with van der Waals surface area (Å²) in [6, 6.07) is 22.1. The number of carbonyl (C=O) groups excluding carboxylic acids is 1. The van der Waals surface area contributed by atoms with Crippen molar-refractivity contribution in [1.29, 1.82) is 0 Å². The number of likely N-dealkylation sites (tertiary alicyclic amines) is 1. The van der Waals surface area contributed by atoms with Gasteiger partial charge in [0.05, 0.1) is 17.1 Å². The molecule has 0 spiro atoms. The predicted molar refractivity (Wildman–Crippen MR) is 133 cm³/mol. The maximum absolute atomic E-state index is 13.8. The number of anilines is 1. The third-order valence-corrected chi connectivity index (χ3v) is 8.04. The molecule has 34 heavy (non-hydrogen) atoms. The van der Waals surface area contributed by atoms with Crippen LogP contribution in [0.2, 0.25) is 5.02 Å². The van der Waals surface area contributed by atoms with E-state index in [1.54, 1.807) is 41.3 Å². The number of hydrogen-bond donors (Lipinski definition) is 1. The summed E-state index contributed by atoms with van der Waals surface area (Å²) in [5.74, 6) is -0.174. The number of aliphatic hydroxyl groups is 1. The van der Waals surface area contributed by atoms with E-state index in [2.05, 4.69) is 0 Å². The first-order valence-electron chi connectivity index (χ1n) is 11.2. The Labute approximate surface area is 205 Å². The van der Waals surface area contributed by atoms with Gasteiger partial charge >= 0.3 is 0 Å². The lowest BCUT2D eigenvalue weighted by Crippen LogP contribution is -2.41. The van der Waals surface area contributed by atoms with Gasteiger partial charge in [0.2, 0.25) is 0 Å². The van der Waals surface area contributed by atoms with Gasteiger partial charge in [-0.15, -0.1) is 0 Å². The van der Waals surface area contributed by atoms with Crippen molar-refractivity contribution >= 4 is 33.2 Å². The molecule has 3 aromatic rings. The maximum Gasteiger partial charge on any atom is 0.264 e. The molecule has 4 rings (SSSR count). The number of amides is 1. The molecule has 0 aliphatic carbocycles. The van der Waals surface area contributed by atoms with E-state index in [4.69, 9.17) is 11.6 Å². The number of sulfonamides is 1. The summed E-state index contributed by atoms with van der Waals surface area (Å²) >= 11 is 6.03. The zero-order valence-corrected chi connectivity index (χ0v) is 20.3. The minimum Gasteiger partial charge on any atom is -0.396 e. The second-order valence-corrected chi connectivity index (χ2v) is 10.7. The molecule has 1 atom stereocenters. The molecule has 1 N–H and O–H groups in total. The van der Waals surface area contributed by atoms with E-state index in [1.807, 2.05) is 30.3 Å². The van der Waals surface area contributed by atoms with Crippen molar-refractivity contribution in [3.05, 3.63) is 95.0 Å². The van der Waals surface area contributed by atoms with Gasteiger partial charge in [0.15, 0.2) is 0 Å². The Morgan fingerprint density at radius 1 is 1.03 bits per heavy atom. The van der Waals surface area contributed by atoms with Crippen LogP contribution in [0.3, 0.4) is 0 Å². The van der Waals surface area contributed by atoms with E-state index >= 15 is 0 Å². The topological polar surface area (TPSA) is 77.9 Å². The molecule has 0 radical (unpaired) electrons. The normalized spacial score (nSPS) is 16.3. The molecule has 1 aliphatic rings. The zero-order chi connectivity index (χ0) is 24.1. The Bertz CT molecular complexity index is 1230. The molecule has 1 amide bonds. The van der Waals surface area contributed by atoms with Crippen molar-refractivity contribution in [2.24, 2.45) is 5.92 Å². The quantitative estimate of drug-likeness (QED) is 0.517. The summed E-state index contributed by atoms with van der Waals surface area (Å²) in [6.07, 6.45) is 1.70. The van der Waals surface area contributed by atoms with E-state index < -0.39 is 10.0 Å². The Morgan fingerprint density at radius 2 is 1.76 bits per heavy atom. The van der Waals surface area contributed by atoms with Gasteiger partial charge in [-0.3, -0.25) is 9.10 Å². The number of aliphatic hydroxyl groups excluding tert-OH is 1. The molecule has 1 unspecified atom stereocenters. The van der Waals surface area contributed by atoms with E-state index in [-0.39, 0.29) is 29.9 Å². The number of nitrogens with zero attached hydrogens (tertiary/aromatic N) is 2. The summed E-state index contributed by atoms with van der Waals surface area (Å²) < 4.78 is 28.9. The highest BCUT2D eigenvalue weighted by atomic mass is 35.5. The first-order valence-corrected chi connectivity index (χ1v) is 13.0. The molecule has 178 valence electrons. The highest BCUT2D eigenvalue weighted by Gasteiger charge is 2.28. The molecule has 8 heteroatoms. The van der Waals surface area contributed by atoms with E-state index in [0.717, 1.165) is 18.4 Å². The van der Waals surface area contributed by atoms with Crippen LogP contribution in [0.15, 0.2) is 83.8 Å². The number of piperidine rings is 1. The van der Waals surface area contributed by atoms with Gasteiger partial charge in [-0.25, -0.2) is 8.42 Å². The first kappa shape index (κ1) is 24.3. The molecule has 1 aliphatic heterocycles. The summed E-state index contributed by atoms with van der Waals surface area (Å²) in [5.41, 5.74) is 1.62. The standard InChI is InChI=1S/C26H27ClN2O4S/c27-23-11-13-24(14-12-23)29(18-20-6-2-1-3-7-20)34(32,33)25-10-4-9-22(16-25)26(31)28-15-5-8-21(17-28)19-30/h1-4,6-7,9-14,16,21,30H,5,8,15,17-19H2. The van der Waals surface area contributed by atoms with Gasteiger partial charge in [0.1, 0.15) is 0 Å². The second kappa shape index (κ2) is 10.6. The second-order valence-electron chi connectivity index (χ2n) is 8.44. The van der Waals surface area contributed by atoms with Gasteiger partial charge in [-0.05, 0) is 66.8 Å². The molecular weight excluding hydrogens is 472 g/mol. The molecule has 0 aromatic heterocycles. The van der Waals surface area contributed by atoms with Crippen LogP contribution in [-0.4, -0.2) is 44.0 Å². The van der Waals surface area contributed by atoms with E-state index in [1.165, 1.54) is 16.4 Å². The van der Waals surface area contributed by atoms with Gasteiger partial charge in [0, 0.05) is 30.3 Å². The maximum atomic E-state index is 13.8. The first-order chi connectivity index (χ1) is 16.4. The number of carbonyl (C=O) groups is 1. The van der Waals surface area contributed by atoms with Crippen LogP contribution < -0.4 is 4.31 Å². The van der Waals surface area contributed by atoms with Crippen LogP contribution in [0.1, 0.15) is 28.8 Å². The minimum atomic E-state index is -3.99. The van der Waals surface area contributed by atoms with Crippen molar-refractivity contribution in [1.82, 2.24) is 4.90 Å². The fraction of sp³-hybridized carbons (Fsp3) is 0.269. The van der Waals surface area contributed by atoms with Gasteiger partial charge in [-0.1, -0.05) is 48.0 Å². The Hall–Kier alpha value is -2.87. The Morgan fingerprint density at radius 3 is 2.47 bits per heavy atom. The lowest BCUT2D eigenvalue weighted by Gasteiger charge is -2.32. The SMILES string of the molecule is O=C(c1cccc(S(=O)(=O)N(Cc2ccccc2)c2ccc(Cl)cc2)c1)N1CCCC(CO)C1. The number of halogens is 1. The van der Waals surface area contributed by atoms with Gasteiger partial charge in [-0.2, -0.15) is 0 Å². The number of benzene rings is 3. The van der Waals surface area contributed by atoms with E-state index in [9.17, 15) is 18.3 Å². The van der Waals surface area contributed by atoms with Crippen LogP contribution in [0.4, 0.5) is 5.69 Å². The van der Waals surface area contributed by atoms with Crippen molar-refractivity contribution in [3.63, 3.8) is 0 Å². The van der Waals surface area contributed by atoms with Crippen LogP contribution in [0, 0.1) is 5.92 Å². The third kappa shape index (κ3) is 5.43. The van der Waals surface area contributed by atoms with Gasteiger partial charge in [0.25, 0.3) is 15.9 Å². The molecule has 1 heterocycles. The average molecular weight is 499 g/mol. The van der Waals surface area contributed by atoms with Gasteiger partial charge < -0.3 is 10.0 Å². The highest BCUT2D eigenvalue weighted by Crippen LogP contribution is 2.28. The third-order valence-electron chi connectivity index (χ3n) is 6.02. The highest BCUT2D eigenvalue weighted by molar-refractivity contribution is 7.92. The van der Waals surface area contributed by atoms with Crippen molar-refractivity contribution in [2.45, 2.75) is 24.3 Å². The average Bonchev–Trinajstić information content (AvgIpc) is 2.88. The molecule has 6 nitrogen and oxygen atoms in total. The summed E-state index contributed by atoms with van der Waals surface area (Å²) in [4.78, 5) is 14.9. The Balaban J connectivity index is 1.67. The monoisotopic (exact) mass is 498 g/mol. The summed E-state index contributed by atoms with van der Waals surface area (Å²) in [6.45, 7) is 1.23. The molecule has 0 saturated carbocycles. The minimum absolute atomic E-state index is 0.0355. The largest absolute Gasteiger partial charge is 0.396 e. The molecule has 1 saturated heterocycles. The molecular formula is C26H27ClN2O4S.